The molecule has 0 spiro atoms. The Bertz CT molecular complexity index is 222. The normalized spacial score (nSPS) is 16.9. The van der Waals surface area contributed by atoms with Crippen molar-refractivity contribution in [2.75, 3.05) is 27.2 Å². The molecule has 1 nitrogen and oxygen atoms in total. The number of hydrogen-bond acceptors (Lipinski definition) is 0. The first-order chi connectivity index (χ1) is 9.41. The summed E-state index contributed by atoms with van der Waals surface area (Å²) in [6.07, 6.45) is 9.77. The fourth-order valence-corrected chi connectivity index (χ4v) is 3.53. The highest BCUT2D eigenvalue weighted by Crippen LogP contribution is 2.33. The maximum absolute atomic E-state index is 2.51. The third-order valence-electron chi connectivity index (χ3n) is 5.56. The van der Waals surface area contributed by atoms with E-state index in [4.69, 9.17) is 0 Å². The molecule has 0 heterocycles. The molecule has 0 bridgehead atoms. The maximum Gasteiger partial charge on any atom is 0.0785 e. The van der Waals surface area contributed by atoms with Crippen LogP contribution in [0.1, 0.15) is 79.6 Å². The molecule has 3 unspecified atom stereocenters. The largest absolute Gasteiger partial charge is 0.329 e. The Morgan fingerprint density at radius 1 is 0.850 bits per heavy atom. The van der Waals surface area contributed by atoms with Crippen molar-refractivity contribution < 1.29 is 4.48 Å². The standard InChI is InChI=1S/C19H42N/c1-8-12-13-14-17(5)19(10-3)18(9-2)15-16-20(6,7)11-4/h17-19H,8-16H2,1-7H3/q+1. The molecule has 0 saturated heterocycles. The third-order valence-corrected chi connectivity index (χ3v) is 5.56. The lowest BCUT2D eigenvalue weighted by Crippen LogP contribution is -2.41. The summed E-state index contributed by atoms with van der Waals surface area (Å²) in [4.78, 5) is 0. The van der Waals surface area contributed by atoms with Crippen molar-refractivity contribution in [1.29, 1.82) is 0 Å². The van der Waals surface area contributed by atoms with Crippen molar-refractivity contribution in [2.45, 2.75) is 79.6 Å². The molecule has 0 aromatic rings. The molecule has 0 aliphatic rings. The summed E-state index contributed by atoms with van der Waals surface area (Å²) in [5.41, 5.74) is 0. The van der Waals surface area contributed by atoms with E-state index < -0.39 is 0 Å². The van der Waals surface area contributed by atoms with E-state index in [0.717, 1.165) is 17.8 Å². The summed E-state index contributed by atoms with van der Waals surface area (Å²) >= 11 is 0. The zero-order valence-electron chi connectivity index (χ0n) is 15.5. The molecule has 0 amide bonds. The van der Waals surface area contributed by atoms with Gasteiger partial charge in [-0.2, -0.15) is 0 Å². The summed E-state index contributed by atoms with van der Waals surface area (Å²) in [6.45, 7) is 14.5. The SMILES string of the molecule is CCCCCC(C)C(CC)C(CC)CC[N+](C)(C)CC. The molecule has 0 aliphatic carbocycles. The Balaban J connectivity index is 4.40. The maximum atomic E-state index is 2.51. The van der Waals surface area contributed by atoms with Crippen molar-refractivity contribution in [3.05, 3.63) is 0 Å². The van der Waals surface area contributed by atoms with Gasteiger partial charge < -0.3 is 4.48 Å². The van der Waals surface area contributed by atoms with Crippen LogP contribution < -0.4 is 0 Å². The van der Waals surface area contributed by atoms with Gasteiger partial charge in [0.25, 0.3) is 0 Å². The molecule has 0 radical (unpaired) electrons. The van der Waals surface area contributed by atoms with E-state index in [1.165, 1.54) is 62.5 Å². The molecule has 122 valence electrons. The molecule has 3 atom stereocenters. The third kappa shape index (κ3) is 7.67. The van der Waals surface area contributed by atoms with Gasteiger partial charge in [-0.15, -0.1) is 0 Å². The van der Waals surface area contributed by atoms with Crippen LogP contribution in [0.5, 0.6) is 0 Å². The van der Waals surface area contributed by atoms with Crippen LogP contribution in [-0.2, 0) is 0 Å². The van der Waals surface area contributed by atoms with Gasteiger partial charge in [0.2, 0.25) is 0 Å². The van der Waals surface area contributed by atoms with Gasteiger partial charge in [0, 0.05) is 0 Å². The molecule has 0 aliphatic heterocycles. The van der Waals surface area contributed by atoms with Gasteiger partial charge >= 0.3 is 0 Å². The zero-order valence-corrected chi connectivity index (χ0v) is 15.5. The Kier molecular flexibility index (Phi) is 10.6. The Morgan fingerprint density at radius 3 is 1.95 bits per heavy atom. The van der Waals surface area contributed by atoms with E-state index in [2.05, 4.69) is 48.7 Å². The Labute approximate surface area is 129 Å². The van der Waals surface area contributed by atoms with Gasteiger partial charge in [0.1, 0.15) is 0 Å². The average Bonchev–Trinajstić information content (AvgIpc) is 2.43. The van der Waals surface area contributed by atoms with Crippen LogP contribution in [0.25, 0.3) is 0 Å². The first-order valence-corrected chi connectivity index (χ1v) is 9.23. The van der Waals surface area contributed by atoms with Gasteiger partial charge in [-0.25, -0.2) is 0 Å². The minimum Gasteiger partial charge on any atom is -0.329 e. The summed E-state index contributed by atoms with van der Waals surface area (Å²) < 4.78 is 1.18. The van der Waals surface area contributed by atoms with Crippen molar-refractivity contribution in [3.63, 3.8) is 0 Å². The smallest absolute Gasteiger partial charge is 0.0785 e. The molecule has 0 saturated carbocycles. The van der Waals surface area contributed by atoms with Crippen LogP contribution in [0.4, 0.5) is 0 Å². The molecule has 1 heteroatoms. The summed E-state index contributed by atoms with van der Waals surface area (Å²) in [7, 11) is 4.75. The van der Waals surface area contributed by atoms with Crippen LogP contribution in [0.3, 0.4) is 0 Å². The second-order valence-corrected chi connectivity index (χ2v) is 7.48. The number of quaternary nitrogens is 1. The van der Waals surface area contributed by atoms with Crippen LogP contribution in [-0.4, -0.2) is 31.7 Å². The van der Waals surface area contributed by atoms with Gasteiger partial charge in [-0.05, 0) is 31.1 Å². The van der Waals surface area contributed by atoms with E-state index in [9.17, 15) is 0 Å². The first kappa shape index (κ1) is 20.0. The van der Waals surface area contributed by atoms with E-state index in [1.54, 1.807) is 0 Å². The van der Waals surface area contributed by atoms with E-state index in [1.807, 2.05) is 0 Å². The van der Waals surface area contributed by atoms with Crippen molar-refractivity contribution in [1.82, 2.24) is 0 Å². The molecule has 0 rings (SSSR count). The first-order valence-electron chi connectivity index (χ1n) is 9.23. The molecular formula is C19H42N+. The van der Waals surface area contributed by atoms with Gasteiger partial charge in [0.05, 0.1) is 27.2 Å². The predicted molar refractivity (Wildman–Crippen MR) is 93.0 cm³/mol. The van der Waals surface area contributed by atoms with Crippen LogP contribution in [0.2, 0.25) is 0 Å². The number of hydrogen-bond donors (Lipinski definition) is 0. The van der Waals surface area contributed by atoms with E-state index >= 15 is 0 Å². The van der Waals surface area contributed by atoms with Crippen LogP contribution in [0.15, 0.2) is 0 Å². The lowest BCUT2D eigenvalue weighted by Gasteiger charge is -2.34. The highest BCUT2D eigenvalue weighted by atomic mass is 15.3. The molecule has 20 heavy (non-hydrogen) atoms. The second kappa shape index (κ2) is 10.7. The second-order valence-electron chi connectivity index (χ2n) is 7.48. The predicted octanol–water partition coefficient (Wildman–Crippen LogP) is 5.74. The molecule has 0 aromatic carbocycles. The summed E-state index contributed by atoms with van der Waals surface area (Å²) in [5.74, 6) is 2.78. The van der Waals surface area contributed by atoms with Crippen molar-refractivity contribution in [2.24, 2.45) is 17.8 Å². The minimum atomic E-state index is 0.911. The monoisotopic (exact) mass is 284 g/mol. The molecule has 0 aromatic heterocycles. The van der Waals surface area contributed by atoms with Gasteiger partial charge in [-0.3, -0.25) is 0 Å². The van der Waals surface area contributed by atoms with E-state index in [0.29, 0.717) is 0 Å². The van der Waals surface area contributed by atoms with Gasteiger partial charge in [0.15, 0.2) is 0 Å². The lowest BCUT2D eigenvalue weighted by atomic mass is 9.75. The Morgan fingerprint density at radius 2 is 1.50 bits per heavy atom. The number of unbranched alkanes of at least 4 members (excludes halogenated alkanes) is 2. The van der Waals surface area contributed by atoms with Crippen LogP contribution in [0, 0.1) is 17.8 Å². The van der Waals surface area contributed by atoms with Crippen molar-refractivity contribution >= 4 is 0 Å². The highest BCUT2D eigenvalue weighted by molar-refractivity contribution is 4.73. The number of nitrogens with zero attached hydrogens (tertiary/aromatic N) is 1. The highest BCUT2D eigenvalue weighted by Gasteiger charge is 2.26. The summed E-state index contributed by atoms with van der Waals surface area (Å²) in [5, 5.41) is 0. The molecule has 0 N–H and O–H groups in total. The topological polar surface area (TPSA) is 0 Å². The van der Waals surface area contributed by atoms with Crippen LogP contribution >= 0.6 is 0 Å². The minimum absolute atomic E-state index is 0.911. The molecule has 0 fully saturated rings. The van der Waals surface area contributed by atoms with E-state index in [-0.39, 0.29) is 0 Å². The fourth-order valence-electron chi connectivity index (χ4n) is 3.53. The number of rotatable bonds is 12. The zero-order chi connectivity index (χ0) is 15.6. The van der Waals surface area contributed by atoms with Gasteiger partial charge in [-0.1, -0.05) is 66.2 Å². The Hall–Kier alpha value is -0.0400. The fraction of sp³-hybridized carbons (Fsp3) is 1.00. The van der Waals surface area contributed by atoms with Crippen molar-refractivity contribution in [3.8, 4) is 0 Å². The molecular weight excluding hydrogens is 242 g/mol. The lowest BCUT2D eigenvalue weighted by molar-refractivity contribution is -0.889. The quantitative estimate of drug-likeness (QED) is 0.316. The average molecular weight is 285 g/mol. The summed E-state index contributed by atoms with van der Waals surface area (Å²) in [6, 6.07) is 0.